The summed E-state index contributed by atoms with van der Waals surface area (Å²) in [5, 5.41) is 2.13. The van der Waals surface area contributed by atoms with E-state index in [9.17, 15) is 4.79 Å². The fraction of sp³-hybridized carbons (Fsp3) is 0.391. The maximum atomic E-state index is 14.2. The Labute approximate surface area is 166 Å². The van der Waals surface area contributed by atoms with E-state index >= 15 is 0 Å². The van der Waals surface area contributed by atoms with Crippen molar-refractivity contribution in [1.29, 1.82) is 0 Å². The standard InChI is InChI=1S/C23H28N4O/c1-3-4-12-23(17-26(2)15-16-27(23)22-24-13-14-25-22)21(28)20-11-7-9-18-8-5-6-10-19(18)20/h5-11,13-14H,3-4,12,15-17H2,1-2H3,(H,24,25)/t23-/m1/s1. The summed E-state index contributed by atoms with van der Waals surface area (Å²) in [5.41, 5.74) is 0.186. The molecule has 1 aromatic heterocycles. The molecule has 0 aliphatic carbocycles. The number of piperazine rings is 1. The highest BCUT2D eigenvalue weighted by molar-refractivity contribution is 6.13. The Bertz CT molecular complexity index is 947. The molecule has 2 heterocycles. The average molecular weight is 377 g/mol. The van der Waals surface area contributed by atoms with Crippen LogP contribution < -0.4 is 4.90 Å². The van der Waals surface area contributed by atoms with Gasteiger partial charge in [0.25, 0.3) is 0 Å². The number of H-pyrrole nitrogens is 1. The molecule has 1 aliphatic rings. The van der Waals surface area contributed by atoms with Crippen molar-refractivity contribution in [1.82, 2.24) is 14.9 Å². The molecule has 5 heteroatoms. The number of anilines is 1. The van der Waals surface area contributed by atoms with Gasteiger partial charge in [-0.3, -0.25) is 4.79 Å². The maximum absolute atomic E-state index is 14.2. The van der Waals surface area contributed by atoms with E-state index < -0.39 is 5.54 Å². The molecule has 0 spiro atoms. The van der Waals surface area contributed by atoms with E-state index in [0.717, 1.165) is 54.6 Å². The van der Waals surface area contributed by atoms with Crippen LogP contribution in [0.15, 0.2) is 54.9 Å². The van der Waals surface area contributed by atoms with E-state index in [1.54, 1.807) is 6.20 Å². The number of ketones is 1. The van der Waals surface area contributed by atoms with Crippen LogP contribution in [-0.2, 0) is 0 Å². The van der Waals surface area contributed by atoms with Crippen molar-refractivity contribution in [2.45, 2.75) is 31.7 Å². The van der Waals surface area contributed by atoms with Gasteiger partial charge in [-0.15, -0.1) is 0 Å². The summed E-state index contributed by atoms with van der Waals surface area (Å²) < 4.78 is 0. The average Bonchev–Trinajstić information content (AvgIpc) is 3.25. The molecule has 2 aromatic carbocycles. The molecular formula is C23H28N4O. The zero-order chi connectivity index (χ0) is 19.6. The number of carbonyl (C=O) groups is 1. The smallest absolute Gasteiger partial charge is 0.203 e. The molecule has 1 fully saturated rings. The van der Waals surface area contributed by atoms with Gasteiger partial charge in [-0.25, -0.2) is 4.98 Å². The Kier molecular flexibility index (Phi) is 5.18. The van der Waals surface area contributed by atoms with Crippen LogP contribution >= 0.6 is 0 Å². The summed E-state index contributed by atoms with van der Waals surface area (Å²) in [6, 6.07) is 14.2. The van der Waals surface area contributed by atoms with Gasteiger partial charge in [0.1, 0.15) is 5.54 Å². The van der Waals surface area contributed by atoms with Crippen molar-refractivity contribution in [3.8, 4) is 0 Å². The summed E-state index contributed by atoms with van der Waals surface area (Å²) in [6.45, 7) is 4.58. The van der Waals surface area contributed by atoms with Crippen LogP contribution in [-0.4, -0.2) is 52.9 Å². The summed E-state index contributed by atoms with van der Waals surface area (Å²) in [7, 11) is 2.11. The first-order valence-electron chi connectivity index (χ1n) is 10.1. The minimum absolute atomic E-state index is 0.195. The van der Waals surface area contributed by atoms with Crippen molar-refractivity contribution in [3.05, 3.63) is 60.4 Å². The van der Waals surface area contributed by atoms with Crippen LogP contribution in [0.2, 0.25) is 0 Å². The van der Waals surface area contributed by atoms with E-state index in [-0.39, 0.29) is 5.78 Å². The zero-order valence-electron chi connectivity index (χ0n) is 16.7. The Hall–Kier alpha value is -2.66. The van der Waals surface area contributed by atoms with Crippen molar-refractivity contribution in [2.24, 2.45) is 0 Å². The lowest BCUT2D eigenvalue weighted by atomic mass is 9.80. The predicted molar refractivity (Wildman–Crippen MR) is 114 cm³/mol. The van der Waals surface area contributed by atoms with Gasteiger partial charge in [0, 0.05) is 37.6 Å². The van der Waals surface area contributed by atoms with Gasteiger partial charge in [-0.2, -0.15) is 0 Å². The topological polar surface area (TPSA) is 52.2 Å². The molecule has 1 N–H and O–H groups in total. The first-order valence-corrected chi connectivity index (χ1v) is 10.1. The molecule has 0 bridgehead atoms. The Balaban J connectivity index is 1.86. The molecule has 3 aromatic rings. The van der Waals surface area contributed by atoms with Crippen LogP contribution in [0.4, 0.5) is 5.95 Å². The number of hydrogen-bond acceptors (Lipinski definition) is 4. The second kappa shape index (κ2) is 7.76. The number of nitrogens with one attached hydrogen (secondary N) is 1. The van der Waals surface area contributed by atoms with Gasteiger partial charge in [-0.05, 0) is 24.2 Å². The number of imidazole rings is 1. The monoisotopic (exact) mass is 376 g/mol. The molecule has 28 heavy (non-hydrogen) atoms. The van der Waals surface area contributed by atoms with E-state index in [4.69, 9.17) is 0 Å². The minimum atomic E-state index is -0.620. The van der Waals surface area contributed by atoms with E-state index in [0.29, 0.717) is 6.54 Å². The highest BCUT2D eigenvalue weighted by Gasteiger charge is 2.48. The molecule has 1 saturated heterocycles. The van der Waals surface area contributed by atoms with Gasteiger partial charge in [-0.1, -0.05) is 62.2 Å². The van der Waals surface area contributed by atoms with Crippen molar-refractivity contribution in [2.75, 3.05) is 31.6 Å². The molecule has 0 amide bonds. The number of aromatic amines is 1. The Morgan fingerprint density at radius 3 is 2.79 bits per heavy atom. The molecule has 0 saturated carbocycles. The highest BCUT2D eigenvalue weighted by Crippen LogP contribution is 2.35. The van der Waals surface area contributed by atoms with E-state index in [1.807, 2.05) is 30.5 Å². The third kappa shape index (κ3) is 3.20. The van der Waals surface area contributed by atoms with Gasteiger partial charge < -0.3 is 14.8 Å². The number of fused-ring (bicyclic) bond motifs is 1. The largest absolute Gasteiger partial charge is 0.331 e. The highest BCUT2D eigenvalue weighted by atomic mass is 16.1. The normalized spacial score (nSPS) is 20.6. The second-order valence-electron chi connectivity index (χ2n) is 7.79. The molecule has 146 valence electrons. The molecule has 0 unspecified atom stereocenters. The molecule has 5 nitrogen and oxygen atoms in total. The third-order valence-electron chi connectivity index (χ3n) is 5.89. The molecule has 1 atom stereocenters. The fourth-order valence-corrected chi connectivity index (χ4v) is 4.47. The summed E-state index contributed by atoms with van der Waals surface area (Å²) in [4.78, 5) is 26.4. The van der Waals surface area contributed by atoms with E-state index in [2.05, 4.69) is 51.9 Å². The lowest BCUT2D eigenvalue weighted by molar-refractivity contribution is 0.0780. The number of Topliss-reactive ketones (excluding diaryl/α,β-unsaturated/α-hetero) is 1. The van der Waals surface area contributed by atoms with Crippen LogP contribution in [0.25, 0.3) is 10.8 Å². The summed E-state index contributed by atoms with van der Waals surface area (Å²) in [5.74, 6) is 0.985. The fourth-order valence-electron chi connectivity index (χ4n) is 4.47. The van der Waals surface area contributed by atoms with Gasteiger partial charge in [0.2, 0.25) is 5.95 Å². The number of hydrogen-bond donors (Lipinski definition) is 1. The third-order valence-corrected chi connectivity index (χ3v) is 5.89. The number of carbonyl (C=O) groups excluding carboxylic acids is 1. The van der Waals surface area contributed by atoms with Gasteiger partial charge in [0.15, 0.2) is 5.78 Å². The number of nitrogens with zero attached hydrogens (tertiary/aromatic N) is 3. The second-order valence-corrected chi connectivity index (χ2v) is 7.79. The summed E-state index contributed by atoms with van der Waals surface area (Å²) >= 11 is 0. The maximum Gasteiger partial charge on any atom is 0.203 e. The van der Waals surface area contributed by atoms with E-state index in [1.165, 1.54) is 0 Å². The van der Waals surface area contributed by atoms with Crippen molar-refractivity contribution < 1.29 is 4.79 Å². The number of likely N-dealkylation sites (N-methyl/N-ethyl adjacent to an activating group) is 1. The van der Waals surface area contributed by atoms with Gasteiger partial charge >= 0.3 is 0 Å². The number of aromatic nitrogens is 2. The Morgan fingerprint density at radius 1 is 1.18 bits per heavy atom. The minimum Gasteiger partial charge on any atom is -0.331 e. The van der Waals surface area contributed by atoms with Crippen LogP contribution in [0.5, 0.6) is 0 Å². The van der Waals surface area contributed by atoms with Crippen LogP contribution in [0.1, 0.15) is 36.5 Å². The van der Waals surface area contributed by atoms with Crippen LogP contribution in [0.3, 0.4) is 0 Å². The molecular weight excluding hydrogens is 348 g/mol. The molecule has 4 rings (SSSR count). The summed E-state index contributed by atoms with van der Waals surface area (Å²) in [6.07, 6.45) is 6.47. The first kappa shape index (κ1) is 18.7. The van der Waals surface area contributed by atoms with Gasteiger partial charge in [0.05, 0.1) is 0 Å². The first-order chi connectivity index (χ1) is 13.7. The lowest BCUT2D eigenvalue weighted by Crippen LogP contribution is -2.66. The molecule has 0 radical (unpaired) electrons. The van der Waals surface area contributed by atoms with Crippen LogP contribution in [0, 0.1) is 0 Å². The van der Waals surface area contributed by atoms with Crippen molar-refractivity contribution in [3.63, 3.8) is 0 Å². The SMILES string of the molecule is CCCC[C@]1(C(=O)c2cccc3ccccc23)CN(C)CCN1c1ncc[nH]1. The number of benzene rings is 2. The lowest BCUT2D eigenvalue weighted by Gasteiger charge is -2.49. The zero-order valence-corrected chi connectivity index (χ0v) is 16.7. The Morgan fingerprint density at radius 2 is 2.00 bits per heavy atom. The number of rotatable bonds is 6. The predicted octanol–water partition coefficient (Wildman–Crippen LogP) is 4.13. The quantitative estimate of drug-likeness (QED) is 0.658. The van der Waals surface area contributed by atoms with Crippen molar-refractivity contribution >= 4 is 22.5 Å². The number of unbranched alkanes of at least 4 members (excludes halogenated alkanes) is 1. The molecule has 1 aliphatic heterocycles.